The van der Waals surface area contributed by atoms with Gasteiger partial charge in [0, 0.05) is 37.3 Å². The number of nitrogens with zero attached hydrogens (tertiary/aromatic N) is 4. The van der Waals surface area contributed by atoms with E-state index in [-0.39, 0.29) is 49.6 Å². The third kappa shape index (κ3) is 7.26. The van der Waals surface area contributed by atoms with Crippen molar-refractivity contribution in [1.29, 1.82) is 0 Å². The molecule has 2 aliphatic carbocycles. The Labute approximate surface area is 305 Å². The maximum atomic E-state index is 14.6. The lowest BCUT2D eigenvalue weighted by Gasteiger charge is -2.30. The molecule has 0 spiro atoms. The molecule has 0 unspecified atom stereocenters. The molecule has 7 rings (SSSR count). The molecular weight excluding hydrogens is 681 g/mol. The zero-order chi connectivity index (χ0) is 36.7. The third-order valence-corrected chi connectivity index (χ3v) is 13.7. The Hall–Kier alpha value is -4.10. The Kier molecular flexibility index (Phi) is 10.0. The number of fused-ring (bicyclic) bond motifs is 3. The first kappa shape index (κ1) is 36.3. The number of hydrogen-bond donors (Lipinski definition) is 2. The van der Waals surface area contributed by atoms with Gasteiger partial charge in [-0.05, 0) is 83.4 Å². The molecule has 4 aliphatic rings. The number of ether oxygens (including phenoxy) is 1. The zero-order valence-electron chi connectivity index (χ0n) is 30.3. The molecule has 2 amide bonds. The fourth-order valence-corrected chi connectivity index (χ4v) is 9.25. The van der Waals surface area contributed by atoms with Crippen LogP contribution in [0.25, 0.3) is 11.0 Å². The highest BCUT2D eigenvalue weighted by atomic mass is 32.2. The number of carbonyl (C=O) groups is 3. The second-order valence-electron chi connectivity index (χ2n) is 15.7. The summed E-state index contributed by atoms with van der Waals surface area (Å²) in [5, 5.41) is 3.44. The molecule has 2 saturated carbocycles. The number of nitrogens with one attached hydrogen (secondary N) is 2. The molecule has 3 aromatic rings. The fraction of sp³-hybridized carbons (Fsp3) is 0.564. The third-order valence-electron chi connectivity index (χ3n) is 11.5. The van der Waals surface area contributed by atoms with Crippen molar-refractivity contribution in [3.63, 3.8) is 0 Å². The molecule has 5 atom stereocenters. The van der Waals surface area contributed by atoms with Crippen LogP contribution in [0.1, 0.15) is 96.8 Å². The van der Waals surface area contributed by atoms with E-state index in [0.29, 0.717) is 25.7 Å². The van der Waals surface area contributed by atoms with Crippen molar-refractivity contribution in [2.75, 3.05) is 11.9 Å². The van der Waals surface area contributed by atoms with Gasteiger partial charge in [-0.25, -0.2) is 13.4 Å². The quantitative estimate of drug-likeness (QED) is 0.273. The highest BCUT2D eigenvalue weighted by molar-refractivity contribution is 7.91. The lowest BCUT2D eigenvalue weighted by Crippen LogP contribution is -2.49. The number of carbonyl (C=O) groups excluding carboxylic acids is 3. The van der Waals surface area contributed by atoms with Gasteiger partial charge >= 0.3 is 0 Å². The molecule has 12 nitrogen and oxygen atoms in total. The number of hydrogen-bond acceptors (Lipinski definition) is 9. The van der Waals surface area contributed by atoms with Crippen LogP contribution in [0.3, 0.4) is 0 Å². The maximum absolute atomic E-state index is 14.6. The molecule has 0 radical (unpaired) electrons. The lowest BCUT2D eigenvalue weighted by molar-refractivity contribution is -0.139. The van der Waals surface area contributed by atoms with Gasteiger partial charge in [0.25, 0.3) is 0 Å². The Balaban J connectivity index is 1.17. The number of Topliss-reactive ketones (excluding diaryl/α,β-unsaturated/α-hetero) is 1. The van der Waals surface area contributed by atoms with Crippen molar-refractivity contribution in [3.8, 4) is 0 Å². The highest BCUT2D eigenvalue weighted by Gasteiger charge is 2.62. The van der Waals surface area contributed by atoms with Crippen LogP contribution in [0.15, 0.2) is 60.9 Å². The van der Waals surface area contributed by atoms with Gasteiger partial charge in [-0.1, -0.05) is 43.2 Å². The molecule has 2 aliphatic heterocycles. The average molecular weight is 731 g/mol. The predicted molar refractivity (Wildman–Crippen MR) is 198 cm³/mol. The van der Waals surface area contributed by atoms with E-state index in [1.54, 1.807) is 24.2 Å². The monoisotopic (exact) mass is 730 g/mol. The second kappa shape index (κ2) is 14.4. The minimum atomic E-state index is -3.89. The van der Waals surface area contributed by atoms with Gasteiger partial charge in [-0.3, -0.25) is 24.1 Å². The predicted octanol–water partition coefficient (Wildman–Crippen LogP) is 5.46. The molecule has 0 bridgehead atoms. The molecule has 4 heterocycles. The number of imidazole rings is 1. The van der Waals surface area contributed by atoms with Gasteiger partial charge in [0.2, 0.25) is 21.8 Å². The van der Waals surface area contributed by atoms with Crippen molar-refractivity contribution in [1.82, 2.24) is 24.2 Å². The molecule has 2 aromatic heterocycles. The highest BCUT2D eigenvalue weighted by Crippen LogP contribution is 2.57. The maximum Gasteiger partial charge on any atom is 0.245 e. The van der Waals surface area contributed by atoms with Crippen LogP contribution in [-0.2, 0) is 35.8 Å². The molecule has 1 aromatic carbocycles. The molecule has 2 N–H and O–H groups in total. The van der Waals surface area contributed by atoms with E-state index in [9.17, 15) is 22.8 Å². The summed E-state index contributed by atoms with van der Waals surface area (Å²) in [5.74, 6) is -0.585. The number of anilines is 1. The second-order valence-corrected chi connectivity index (χ2v) is 17.9. The van der Waals surface area contributed by atoms with Crippen LogP contribution in [0.4, 0.5) is 5.69 Å². The largest absolute Gasteiger partial charge is 0.374 e. The van der Waals surface area contributed by atoms with E-state index in [1.165, 1.54) is 0 Å². The minimum absolute atomic E-state index is 0.106. The van der Waals surface area contributed by atoms with E-state index >= 15 is 0 Å². The summed E-state index contributed by atoms with van der Waals surface area (Å²) < 4.78 is 36.3. The van der Waals surface area contributed by atoms with Crippen molar-refractivity contribution in [2.24, 2.45) is 11.3 Å². The van der Waals surface area contributed by atoms with E-state index in [1.807, 2.05) is 42.5 Å². The van der Waals surface area contributed by atoms with Gasteiger partial charge in [0.05, 0.1) is 39.5 Å². The van der Waals surface area contributed by atoms with Gasteiger partial charge in [0.1, 0.15) is 18.5 Å². The number of sulfonamides is 1. The Morgan fingerprint density at radius 2 is 1.88 bits per heavy atom. The standard InChI is InChI=1S/C39H50N6O6S/c1-26(2)45-33-23-40-19-16-30(33)42-35(45)25-51-29-20-32-34(46)22-39(37(48)43-52(49,50)38(3)17-18-38)21-27(39)12-8-5-4-6-11-15-31(36(47)44(32)24-29)41-28-13-9-7-10-14-28/h7-10,12-14,16,19,23,26-27,29,31-32,41H,4-6,11,15,17-18,20-22,24-25H2,1-3H3,(H,43,48)/b12-8-/t27-,29-,31+,32+,39-/m1/s1. The summed E-state index contributed by atoms with van der Waals surface area (Å²) in [5.41, 5.74) is 1.36. The van der Waals surface area contributed by atoms with Crippen molar-refractivity contribution in [2.45, 2.75) is 121 Å². The first-order valence-corrected chi connectivity index (χ1v) is 20.2. The number of para-hydroxylation sites is 1. The van der Waals surface area contributed by atoms with E-state index in [0.717, 1.165) is 48.2 Å². The van der Waals surface area contributed by atoms with Crippen molar-refractivity contribution >= 4 is 44.3 Å². The number of pyridine rings is 1. The Morgan fingerprint density at radius 3 is 2.63 bits per heavy atom. The van der Waals surface area contributed by atoms with Crippen LogP contribution < -0.4 is 10.0 Å². The first-order valence-electron chi connectivity index (χ1n) is 18.7. The summed E-state index contributed by atoms with van der Waals surface area (Å²) >= 11 is 0. The van der Waals surface area contributed by atoms with Crippen LogP contribution in [0.2, 0.25) is 0 Å². The van der Waals surface area contributed by atoms with Crippen LogP contribution >= 0.6 is 0 Å². The average Bonchev–Trinajstić information content (AvgIpc) is 3.93. The lowest BCUT2D eigenvalue weighted by atomic mass is 9.91. The number of ketones is 1. The van der Waals surface area contributed by atoms with E-state index in [2.05, 4.69) is 39.5 Å². The van der Waals surface area contributed by atoms with Crippen molar-refractivity contribution in [3.05, 3.63) is 66.8 Å². The summed E-state index contributed by atoms with van der Waals surface area (Å²) in [7, 11) is -3.89. The van der Waals surface area contributed by atoms with Gasteiger partial charge in [-0.2, -0.15) is 0 Å². The molecule has 278 valence electrons. The van der Waals surface area contributed by atoms with Gasteiger partial charge < -0.3 is 19.5 Å². The first-order chi connectivity index (χ1) is 24.9. The van der Waals surface area contributed by atoms with Gasteiger partial charge in [0.15, 0.2) is 5.78 Å². The number of amides is 2. The topological polar surface area (TPSA) is 153 Å². The zero-order valence-corrected chi connectivity index (χ0v) is 31.1. The summed E-state index contributed by atoms with van der Waals surface area (Å²) in [6.07, 6.45) is 12.6. The molecular formula is C39H50N6O6S. The SMILES string of the molecule is CC(C)n1c(CO[C@@H]2C[C@H]3C(=O)C[C@]4(C(=O)NS(=O)(=O)C5(C)CC5)C[C@H]4/C=C\CCCCC[C@H](Nc4ccccc4)C(=O)N3C2)nc2ccncc21. The van der Waals surface area contributed by atoms with Crippen LogP contribution in [0, 0.1) is 11.3 Å². The van der Waals surface area contributed by atoms with Crippen LogP contribution in [-0.4, -0.2) is 74.9 Å². The number of rotatable bonds is 9. The Bertz CT molecular complexity index is 1960. The Morgan fingerprint density at radius 1 is 1.10 bits per heavy atom. The van der Waals surface area contributed by atoms with E-state index in [4.69, 9.17) is 9.72 Å². The smallest absolute Gasteiger partial charge is 0.245 e. The number of benzene rings is 1. The number of aromatic nitrogens is 3. The molecule has 13 heteroatoms. The van der Waals surface area contributed by atoms with Gasteiger partial charge in [-0.15, -0.1) is 0 Å². The van der Waals surface area contributed by atoms with Crippen molar-refractivity contribution < 1.29 is 27.5 Å². The molecule has 3 fully saturated rings. The summed E-state index contributed by atoms with van der Waals surface area (Å²) in [6, 6.07) is 10.2. The number of allylic oxidation sites excluding steroid dienone is 2. The van der Waals surface area contributed by atoms with E-state index < -0.39 is 44.3 Å². The normalized spacial score (nSPS) is 28.4. The fourth-order valence-electron chi connectivity index (χ4n) is 7.92. The summed E-state index contributed by atoms with van der Waals surface area (Å²) in [6.45, 7) is 6.18. The van der Waals surface area contributed by atoms with Crippen LogP contribution in [0.5, 0.6) is 0 Å². The molecule has 1 saturated heterocycles. The molecule has 52 heavy (non-hydrogen) atoms. The minimum Gasteiger partial charge on any atom is -0.374 e. The summed E-state index contributed by atoms with van der Waals surface area (Å²) in [4.78, 5) is 53.7.